The molecule has 0 atom stereocenters. The number of aromatic amines is 1. The van der Waals surface area contributed by atoms with Gasteiger partial charge in [0.05, 0.1) is 24.1 Å². The Morgan fingerprint density at radius 1 is 1.38 bits per heavy atom. The first-order valence-electron chi connectivity index (χ1n) is 5.94. The molecule has 0 aliphatic heterocycles. The van der Waals surface area contributed by atoms with Gasteiger partial charge in [-0.25, -0.2) is 4.39 Å². The minimum atomic E-state index is -3.82. The predicted molar refractivity (Wildman–Crippen MR) is 74.4 cm³/mol. The maximum Gasteiger partial charge on any atom is 0.278 e. The van der Waals surface area contributed by atoms with Crippen LogP contribution < -0.4 is 4.72 Å². The highest BCUT2D eigenvalue weighted by molar-refractivity contribution is 7.92. The lowest BCUT2D eigenvalue weighted by Gasteiger charge is -2.06. The SMILES string of the molecule is O=S(=O)(Nc1ccc(C#CCCO)c(F)c1)c1ccn[nH]1. The number of aliphatic hydroxyl groups excluding tert-OH is 1. The van der Waals surface area contributed by atoms with Crippen molar-refractivity contribution in [1.29, 1.82) is 0 Å². The van der Waals surface area contributed by atoms with Gasteiger partial charge in [0.25, 0.3) is 10.0 Å². The van der Waals surface area contributed by atoms with E-state index in [2.05, 4.69) is 26.8 Å². The molecular formula is C13H12FN3O3S. The maximum absolute atomic E-state index is 13.8. The lowest BCUT2D eigenvalue weighted by molar-refractivity contribution is 0.305. The van der Waals surface area contributed by atoms with Crippen LogP contribution in [0.3, 0.4) is 0 Å². The third kappa shape index (κ3) is 3.81. The number of aromatic nitrogens is 2. The van der Waals surface area contributed by atoms with Gasteiger partial charge < -0.3 is 5.11 Å². The number of rotatable bonds is 4. The molecule has 2 aromatic rings. The van der Waals surface area contributed by atoms with Gasteiger partial charge >= 0.3 is 0 Å². The molecule has 1 aromatic heterocycles. The van der Waals surface area contributed by atoms with Crippen molar-refractivity contribution >= 4 is 15.7 Å². The zero-order chi connectivity index (χ0) is 15.3. The molecule has 0 aliphatic carbocycles. The molecule has 110 valence electrons. The Balaban J connectivity index is 2.20. The van der Waals surface area contributed by atoms with Crippen LogP contribution in [0.25, 0.3) is 0 Å². The van der Waals surface area contributed by atoms with Crippen molar-refractivity contribution in [2.75, 3.05) is 11.3 Å². The van der Waals surface area contributed by atoms with E-state index >= 15 is 0 Å². The Morgan fingerprint density at radius 2 is 2.19 bits per heavy atom. The molecule has 0 spiro atoms. The van der Waals surface area contributed by atoms with E-state index in [1.54, 1.807) is 0 Å². The van der Waals surface area contributed by atoms with Gasteiger partial charge in [-0.1, -0.05) is 11.8 Å². The number of anilines is 1. The molecule has 0 bridgehead atoms. The van der Waals surface area contributed by atoms with Crippen molar-refractivity contribution in [1.82, 2.24) is 10.2 Å². The second-order valence-corrected chi connectivity index (χ2v) is 5.65. The van der Waals surface area contributed by atoms with Crippen LogP contribution in [0.5, 0.6) is 0 Å². The van der Waals surface area contributed by atoms with Gasteiger partial charge in [0.1, 0.15) is 5.82 Å². The Kier molecular flexibility index (Phi) is 4.57. The van der Waals surface area contributed by atoms with Crippen LogP contribution in [0.1, 0.15) is 12.0 Å². The molecule has 0 radical (unpaired) electrons. The van der Waals surface area contributed by atoms with Gasteiger partial charge in [0.2, 0.25) is 0 Å². The first-order valence-corrected chi connectivity index (χ1v) is 7.43. The Labute approximate surface area is 121 Å². The van der Waals surface area contributed by atoms with Gasteiger partial charge in [-0.3, -0.25) is 9.82 Å². The van der Waals surface area contributed by atoms with Crippen molar-refractivity contribution in [2.45, 2.75) is 11.4 Å². The van der Waals surface area contributed by atoms with Gasteiger partial charge in [0.15, 0.2) is 5.03 Å². The summed E-state index contributed by atoms with van der Waals surface area (Å²) in [6.45, 7) is -0.101. The van der Waals surface area contributed by atoms with E-state index in [1.807, 2.05) is 0 Å². The molecule has 3 N–H and O–H groups in total. The van der Waals surface area contributed by atoms with Gasteiger partial charge in [0, 0.05) is 6.42 Å². The molecule has 0 saturated heterocycles. The van der Waals surface area contributed by atoms with Crippen LogP contribution in [-0.4, -0.2) is 30.3 Å². The fourth-order valence-corrected chi connectivity index (χ4v) is 2.46. The molecule has 0 unspecified atom stereocenters. The van der Waals surface area contributed by atoms with E-state index in [0.717, 1.165) is 6.07 Å². The molecule has 2 rings (SSSR count). The smallest absolute Gasteiger partial charge is 0.278 e. The summed E-state index contributed by atoms with van der Waals surface area (Å²) in [5, 5.41) is 14.3. The van der Waals surface area contributed by atoms with E-state index in [1.165, 1.54) is 24.4 Å². The molecule has 0 fully saturated rings. The standard InChI is InChI=1S/C13H12FN3O3S/c14-12-9-11(5-4-10(12)3-1-2-8-18)17-21(19,20)13-6-7-15-16-13/h4-7,9,17-18H,2,8H2,(H,15,16). The minimum absolute atomic E-state index is 0.0785. The summed E-state index contributed by atoms with van der Waals surface area (Å²) in [6.07, 6.45) is 1.54. The summed E-state index contributed by atoms with van der Waals surface area (Å²) in [5.41, 5.74) is 0.211. The molecule has 1 aromatic carbocycles. The van der Waals surface area contributed by atoms with Crippen LogP contribution in [0.2, 0.25) is 0 Å². The summed E-state index contributed by atoms with van der Waals surface area (Å²) >= 11 is 0. The number of sulfonamides is 1. The Hall–Kier alpha value is -2.37. The van der Waals surface area contributed by atoms with E-state index < -0.39 is 15.8 Å². The first-order chi connectivity index (χ1) is 10.0. The zero-order valence-electron chi connectivity index (χ0n) is 10.8. The molecule has 6 nitrogen and oxygen atoms in total. The van der Waals surface area contributed by atoms with Crippen molar-refractivity contribution in [3.05, 3.63) is 41.8 Å². The van der Waals surface area contributed by atoms with Gasteiger partial charge in [-0.15, -0.1) is 0 Å². The normalized spacial score (nSPS) is 10.8. The predicted octanol–water partition coefficient (Wildman–Crippen LogP) is 1.08. The fraction of sp³-hybridized carbons (Fsp3) is 0.154. The summed E-state index contributed by atoms with van der Waals surface area (Å²) in [7, 11) is -3.82. The average molecular weight is 309 g/mol. The summed E-state index contributed by atoms with van der Waals surface area (Å²) in [4.78, 5) is 0. The van der Waals surface area contributed by atoms with Crippen LogP contribution in [0.15, 0.2) is 35.5 Å². The summed E-state index contributed by atoms with van der Waals surface area (Å²) < 4.78 is 39.8. The molecule has 1 heterocycles. The number of nitrogens with zero attached hydrogens (tertiary/aromatic N) is 1. The number of benzene rings is 1. The summed E-state index contributed by atoms with van der Waals surface area (Å²) in [6, 6.07) is 5.09. The minimum Gasteiger partial charge on any atom is -0.395 e. The number of aliphatic hydroxyl groups is 1. The fourth-order valence-electron chi connectivity index (χ4n) is 1.50. The number of halogens is 1. The lowest BCUT2D eigenvalue weighted by atomic mass is 10.2. The van der Waals surface area contributed by atoms with Crippen molar-refractivity contribution in [3.63, 3.8) is 0 Å². The molecule has 0 saturated carbocycles. The van der Waals surface area contributed by atoms with Crippen LogP contribution >= 0.6 is 0 Å². The van der Waals surface area contributed by atoms with Gasteiger partial charge in [-0.2, -0.15) is 13.5 Å². The van der Waals surface area contributed by atoms with Gasteiger partial charge in [-0.05, 0) is 24.3 Å². The number of hydrogen-bond acceptors (Lipinski definition) is 4. The molecular weight excluding hydrogens is 297 g/mol. The number of hydrogen-bond donors (Lipinski definition) is 3. The largest absolute Gasteiger partial charge is 0.395 e. The Bertz CT molecular complexity index is 777. The van der Waals surface area contributed by atoms with E-state index in [4.69, 9.17) is 5.11 Å². The Morgan fingerprint density at radius 3 is 2.81 bits per heavy atom. The third-order valence-corrected chi connectivity index (χ3v) is 3.76. The van der Waals surface area contributed by atoms with Crippen LogP contribution in [0, 0.1) is 17.7 Å². The number of H-pyrrole nitrogens is 1. The van der Waals surface area contributed by atoms with E-state index in [-0.39, 0.29) is 29.3 Å². The number of nitrogens with one attached hydrogen (secondary N) is 2. The molecule has 0 aliphatic rings. The van der Waals surface area contributed by atoms with Crippen LogP contribution in [0.4, 0.5) is 10.1 Å². The molecule has 0 amide bonds. The second-order valence-electron chi connectivity index (χ2n) is 4.00. The monoisotopic (exact) mass is 309 g/mol. The highest BCUT2D eigenvalue weighted by Gasteiger charge is 2.16. The highest BCUT2D eigenvalue weighted by atomic mass is 32.2. The van der Waals surface area contributed by atoms with Crippen molar-refractivity contribution in [2.24, 2.45) is 0 Å². The molecule has 8 heteroatoms. The maximum atomic E-state index is 13.8. The quantitative estimate of drug-likeness (QED) is 0.737. The highest BCUT2D eigenvalue weighted by Crippen LogP contribution is 2.17. The molecule has 21 heavy (non-hydrogen) atoms. The third-order valence-electron chi connectivity index (χ3n) is 2.45. The summed E-state index contributed by atoms with van der Waals surface area (Å²) in [5.74, 6) is 4.50. The van der Waals surface area contributed by atoms with Crippen molar-refractivity contribution < 1.29 is 17.9 Å². The zero-order valence-corrected chi connectivity index (χ0v) is 11.6. The average Bonchev–Trinajstić information content (AvgIpc) is 2.96. The topological polar surface area (TPSA) is 95.1 Å². The van der Waals surface area contributed by atoms with E-state index in [0.29, 0.717) is 0 Å². The lowest BCUT2D eigenvalue weighted by Crippen LogP contribution is -2.13. The van der Waals surface area contributed by atoms with Crippen LogP contribution in [-0.2, 0) is 10.0 Å². The second kappa shape index (κ2) is 6.39. The first kappa shape index (κ1) is 15.0. The van der Waals surface area contributed by atoms with E-state index in [9.17, 15) is 12.8 Å². The van der Waals surface area contributed by atoms with Crippen molar-refractivity contribution in [3.8, 4) is 11.8 Å².